The molecule has 2 rings (SSSR count). The van der Waals surface area contributed by atoms with Gasteiger partial charge < -0.3 is 10.2 Å². The van der Waals surface area contributed by atoms with E-state index in [0.717, 1.165) is 17.7 Å². The third-order valence-electron chi connectivity index (χ3n) is 6.12. The molecule has 2 aromatic carbocycles. The molecule has 1 N–H and O–H groups in total. The van der Waals surface area contributed by atoms with Gasteiger partial charge in [-0.1, -0.05) is 58.0 Å². The van der Waals surface area contributed by atoms with Crippen molar-refractivity contribution in [1.29, 1.82) is 0 Å². The van der Waals surface area contributed by atoms with E-state index in [4.69, 9.17) is 0 Å². The zero-order valence-corrected chi connectivity index (χ0v) is 20.5. The zero-order chi connectivity index (χ0) is 24.8. The van der Waals surface area contributed by atoms with E-state index >= 15 is 0 Å². The molecule has 0 fully saturated rings. The predicted molar refractivity (Wildman–Crippen MR) is 128 cm³/mol. The van der Waals surface area contributed by atoms with Crippen LogP contribution < -0.4 is 5.32 Å². The third kappa shape index (κ3) is 7.46. The standard InChI is InChI=1S/C27H36F2N2O2/c1-7-25(32)21-15-23(28)19(14-24(21)29)13-20(31(5)6)17-30-26(33)16-22(27(2,3)4)18-11-9-8-10-12-18/h8-12,14-15,20,22H,7,13,16-17H2,1-6H3,(H,30,33)/t20-,22+/m0/s1. The summed E-state index contributed by atoms with van der Waals surface area (Å²) in [7, 11) is 3.67. The molecule has 0 bridgehead atoms. The molecule has 0 aliphatic carbocycles. The molecule has 0 spiro atoms. The molecule has 180 valence electrons. The minimum Gasteiger partial charge on any atom is -0.355 e. The molecule has 0 aliphatic heterocycles. The molecule has 33 heavy (non-hydrogen) atoms. The lowest BCUT2D eigenvalue weighted by Gasteiger charge is -2.31. The van der Waals surface area contributed by atoms with Gasteiger partial charge in [0.25, 0.3) is 0 Å². The van der Waals surface area contributed by atoms with Crippen LogP contribution in [0.3, 0.4) is 0 Å². The first-order valence-corrected chi connectivity index (χ1v) is 11.4. The Bertz CT molecular complexity index is 953. The summed E-state index contributed by atoms with van der Waals surface area (Å²) >= 11 is 0. The van der Waals surface area contributed by atoms with E-state index in [1.54, 1.807) is 6.92 Å². The molecule has 0 aliphatic rings. The molecule has 0 heterocycles. The van der Waals surface area contributed by atoms with Gasteiger partial charge in [0.2, 0.25) is 5.91 Å². The van der Waals surface area contributed by atoms with Crippen molar-refractivity contribution in [2.45, 2.75) is 58.9 Å². The van der Waals surface area contributed by atoms with Crippen molar-refractivity contribution < 1.29 is 18.4 Å². The van der Waals surface area contributed by atoms with Crippen LogP contribution in [-0.2, 0) is 11.2 Å². The average molecular weight is 459 g/mol. The Morgan fingerprint density at radius 1 is 1.03 bits per heavy atom. The predicted octanol–water partition coefficient (Wildman–Crippen LogP) is 5.37. The van der Waals surface area contributed by atoms with Gasteiger partial charge in [0.1, 0.15) is 11.6 Å². The largest absolute Gasteiger partial charge is 0.355 e. The number of nitrogens with one attached hydrogen (secondary N) is 1. The van der Waals surface area contributed by atoms with Crippen molar-refractivity contribution in [3.05, 3.63) is 70.8 Å². The fourth-order valence-electron chi connectivity index (χ4n) is 3.94. The number of hydrogen-bond donors (Lipinski definition) is 1. The molecule has 2 aromatic rings. The van der Waals surface area contributed by atoms with E-state index in [-0.39, 0.29) is 47.3 Å². The lowest BCUT2D eigenvalue weighted by atomic mass is 9.74. The van der Waals surface area contributed by atoms with Crippen LogP contribution in [0.15, 0.2) is 42.5 Å². The minimum atomic E-state index is -0.712. The summed E-state index contributed by atoms with van der Waals surface area (Å²) in [6, 6.07) is 11.8. The Labute approximate surface area is 196 Å². The van der Waals surface area contributed by atoms with E-state index in [1.165, 1.54) is 0 Å². The summed E-state index contributed by atoms with van der Waals surface area (Å²) in [6.07, 6.45) is 0.656. The summed E-state index contributed by atoms with van der Waals surface area (Å²) < 4.78 is 29.0. The van der Waals surface area contributed by atoms with Gasteiger partial charge in [-0.05, 0) is 55.1 Å². The Balaban J connectivity index is 2.09. The van der Waals surface area contributed by atoms with Gasteiger partial charge in [0.15, 0.2) is 5.78 Å². The number of amides is 1. The van der Waals surface area contributed by atoms with Crippen molar-refractivity contribution in [3.63, 3.8) is 0 Å². The maximum absolute atomic E-state index is 14.6. The van der Waals surface area contributed by atoms with E-state index in [2.05, 4.69) is 26.1 Å². The van der Waals surface area contributed by atoms with Crippen LogP contribution in [0.5, 0.6) is 0 Å². The number of carbonyl (C=O) groups excluding carboxylic acids is 2. The first kappa shape index (κ1) is 26.7. The number of Topliss-reactive ketones (excluding diaryl/α,β-unsaturated/α-hetero) is 1. The van der Waals surface area contributed by atoms with Gasteiger partial charge in [-0.2, -0.15) is 0 Å². The van der Waals surface area contributed by atoms with Crippen LogP contribution in [0.1, 0.15) is 67.9 Å². The zero-order valence-electron chi connectivity index (χ0n) is 20.5. The topological polar surface area (TPSA) is 49.4 Å². The van der Waals surface area contributed by atoms with Gasteiger partial charge in [0.05, 0.1) is 5.56 Å². The Morgan fingerprint density at radius 3 is 2.21 bits per heavy atom. The summed E-state index contributed by atoms with van der Waals surface area (Å²) in [6.45, 7) is 8.26. The maximum Gasteiger partial charge on any atom is 0.220 e. The second-order valence-corrected chi connectivity index (χ2v) is 9.86. The molecule has 6 heteroatoms. The molecule has 0 saturated carbocycles. The molecule has 0 unspecified atom stereocenters. The minimum absolute atomic E-state index is 0.0479. The first-order valence-electron chi connectivity index (χ1n) is 11.4. The van der Waals surface area contributed by atoms with Crippen molar-refractivity contribution in [1.82, 2.24) is 10.2 Å². The van der Waals surface area contributed by atoms with Gasteiger partial charge in [0, 0.05) is 25.4 Å². The van der Waals surface area contributed by atoms with Crippen LogP contribution in [-0.4, -0.2) is 43.3 Å². The second kappa shape index (κ2) is 11.5. The number of ketones is 1. The van der Waals surface area contributed by atoms with Crippen molar-refractivity contribution in [3.8, 4) is 0 Å². The number of nitrogens with zero attached hydrogens (tertiary/aromatic N) is 1. The van der Waals surface area contributed by atoms with Crippen LogP contribution in [0.25, 0.3) is 0 Å². The maximum atomic E-state index is 14.6. The van der Waals surface area contributed by atoms with Crippen molar-refractivity contribution in [2.75, 3.05) is 20.6 Å². The fourth-order valence-corrected chi connectivity index (χ4v) is 3.94. The van der Waals surface area contributed by atoms with E-state index in [9.17, 15) is 18.4 Å². The summed E-state index contributed by atoms with van der Waals surface area (Å²) in [4.78, 5) is 26.5. The highest BCUT2D eigenvalue weighted by Gasteiger charge is 2.29. The molecule has 4 nitrogen and oxygen atoms in total. The monoisotopic (exact) mass is 458 g/mol. The molecular formula is C27H36F2N2O2. The molecular weight excluding hydrogens is 422 g/mol. The van der Waals surface area contributed by atoms with Gasteiger partial charge in [-0.25, -0.2) is 8.78 Å². The number of halogens is 2. The van der Waals surface area contributed by atoms with Crippen molar-refractivity contribution >= 4 is 11.7 Å². The SMILES string of the molecule is CCC(=O)c1cc(F)c(C[C@@H](CNC(=O)C[C@H](c2ccccc2)C(C)(C)C)N(C)C)cc1F. The van der Waals surface area contributed by atoms with Gasteiger partial charge >= 0.3 is 0 Å². The average Bonchev–Trinajstić information content (AvgIpc) is 2.75. The highest BCUT2D eigenvalue weighted by molar-refractivity contribution is 5.96. The normalized spacial score (nSPS) is 13.6. The van der Waals surface area contributed by atoms with Crippen LogP contribution in [0, 0.1) is 17.0 Å². The van der Waals surface area contributed by atoms with E-state index in [0.29, 0.717) is 13.0 Å². The second-order valence-electron chi connectivity index (χ2n) is 9.86. The van der Waals surface area contributed by atoms with Crippen LogP contribution >= 0.6 is 0 Å². The summed E-state index contributed by atoms with van der Waals surface area (Å²) in [5.41, 5.74) is 0.981. The fraction of sp³-hybridized carbons (Fsp3) is 0.481. The highest BCUT2D eigenvalue weighted by Crippen LogP contribution is 2.37. The summed E-state index contributed by atoms with van der Waals surface area (Å²) in [5.74, 6) is -1.78. The highest BCUT2D eigenvalue weighted by atomic mass is 19.1. The molecule has 0 aromatic heterocycles. The third-order valence-corrected chi connectivity index (χ3v) is 6.12. The first-order chi connectivity index (χ1) is 15.4. The number of rotatable bonds is 10. The Kier molecular flexibility index (Phi) is 9.29. The smallest absolute Gasteiger partial charge is 0.220 e. The summed E-state index contributed by atoms with van der Waals surface area (Å²) in [5, 5.41) is 2.98. The molecule has 0 saturated heterocycles. The van der Waals surface area contributed by atoms with E-state index < -0.39 is 17.4 Å². The number of benzene rings is 2. The number of likely N-dealkylation sites (N-methyl/N-ethyl adjacent to an activating group) is 1. The number of carbonyl (C=O) groups is 2. The van der Waals surface area contributed by atoms with Gasteiger partial charge in [-0.3, -0.25) is 9.59 Å². The van der Waals surface area contributed by atoms with Gasteiger partial charge in [-0.15, -0.1) is 0 Å². The quantitative estimate of drug-likeness (QED) is 0.487. The lowest BCUT2D eigenvalue weighted by molar-refractivity contribution is -0.122. The van der Waals surface area contributed by atoms with Crippen molar-refractivity contribution in [2.24, 2.45) is 5.41 Å². The molecule has 2 atom stereocenters. The molecule has 1 amide bonds. The molecule has 0 radical (unpaired) electrons. The van der Waals surface area contributed by atoms with Crippen LogP contribution in [0.4, 0.5) is 8.78 Å². The Hall–Kier alpha value is -2.60. The number of hydrogen-bond acceptors (Lipinski definition) is 3. The Morgan fingerprint density at radius 2 is 1.67 bits per heavy atom. The van der Waals surface area contributed by atoms with Crippen LogP contribution in [0.2, 0.25) is 0 Å². The van der Waals surface area contributed by atoms with E-state index in [1.807, 2.05) is 49.3 Å². The lowest BCUT2D eigenvalue weighted by Crippen LogP contribution is -2.42.